The summed E-state index contributed by atoms with van der Waals surface area (Å²) >= 11 is 0. The molecular weight excluding hydrogens is 272 g/mol. The van der Waals surface area contributed by atoms with Gasteiger partial charge in [0.1, 0.15) is 5.69 Å². The molecule has 0 aliphatic carbocycles. The first-order valence-corrected chi connectivity index (χ1v) is 7.10. The largest absolute Gasteiger partial charge is 0.393 e. The maximum atomic E-state index is 12.7. The van der Waals surface area contributed by atoms with Crippen LogP contribution >= 0.6 is 0 Å². The van der Waals surface area contributed by atoms with Gasteiger partial charge in [-0.05, 0) is 25.5 Å². The van der Waals surface area contributed by atoms with Gasteiger partial charge >= 0.3 is 0 Å². The highest BCUT2D eigenvalue weighted by Crippen LogP contribution is 2.27. The van der Waals surface area contributed by atoms with Crippen LogP contribution in [0.5, 0.6) is 0 Å². The molecule has 2 rings (SSSR count). The Morgan fingerprint density at radius 3 is 2.90 bits per heavy atom. The summed E-state index contributed by atoms with van der Waals surface area (Å²) in [6.07, 6.45) is 1.72. The molecular formula is C14H20N4O3. The monoisotopic (exact) mass is 292 g/mol. The van der Waals surface area contributed by atoms with Crippen molar-refractivity contribution in [2.24, 2.45) is 0 Å². The van der Waals surface area contributed by atoms with Crippen LogP contribution in [0.3, 0.4) is 0 Å². The molecule has 1 amide bonds. The van der Waals surface area contributed by atoms with Gasteiger partial charge in [0.15, 0.2) is 0 Å². The predicted octanol–water partition coefficient (Wildman–Crippen LogP) is 1.39. The minimum atomic E-state index is -0.562. The van der Waals surface area contributed by atoms with E-state index in [1.165, 1.54) is 12.1 Å². The first-order chi connectivity index (χ1) is 10.1. The lowest BCUT2D eigenvalue weighted by atomic mass is 10.1. The third-order valence-corrected chi connectivity index (χ3v) is 3.71. The molecule has 1 aromatic rings. The Hall–Kier alpha value is -2.15. The van der Waals surface area contributed by atoms with Crippen LogP contribution in [-0.2, 0) is 0 Å². The van der Waals surface area contributed by atoms with Gasteiger partial charge < -0.3 is 16.0 Å². The molecule has 1 heterocycles. The number of hydrogen-bond acceptors (Lipinski definition) is 5. The number of nitrogens with one attached hydrogen (secondary N) is 1. The molecule has 21 heavy (non-hydrogen) atoms. The van der Waals surface area contributed by atoms with Crippen LogP contribution in [0.15, 0.2) is 18.2 Å². The number of carbonyl (C=O) groups excluding carboxylic acids is 1. The zero-order chi connectivity index (χ0) is 15.4. The molecule has 1 aliphatic heterocycles. The average Bonchev–Trinajstić information content (AvgIpc) is 2.98. The van der Waals surface area contributed by atoms with Gasteiger partial charge in [0.2, 0.25) is 0 Å². The maximum Gasteiger partial charge on any atom is 0.292 e. The summed E-state index contributed by atoms with van der Waals surface area (Å²) in [7, 11) is 0. The van der Waals surface area contributed by atoms with Crippen LogP contribution in [0, 0.1) is 10.1 Å². The lowest BCUT2D eigenvalue weighted by Gasteiger charge is -2.28. The zero-order valence-electron chi connectivity index (χ0n) is 12.0. The molecule has 0 bridgehead atoms. The first kappa shape index (κ1) is 15.2. The highest BCUT2D eigenvalue weighted by atomic mass is 16.6. The fraction of sp³-hybridized carbons (Fsp3) is 0.500. The van der Waals surface area contributed by atoms with Crippen molar-refractivity contribution < 1.29 is 9.72 Å². The Kier molecular flexibility index (Phi) is 4.74. The number of para-hydroxylation sites is 1. The van der Waals surface area contributed by atoms with Crippen LogP contribution in [-0.4, -0.2) is 41.4 Å². The SMILES string of the molecule is CCCN(C(=O)c1cccc([N+](=O)[O-])c1N)C1CCNC1. The molecule has 1 aliphatic rings. The molecule has 0 spiro atoms. The smallest absolute Gasteiger partial charge is 0.292 e. The topological polar surface area (TPSA) is 102 Å². The number of nitrogens with zero attached hydrogens (tertiary/aromatic N) is 2. The van der Waals surface area contributed by atoms with Gasteiger partial charge in [-0.25, -0.2) is 0 Å². The number of nitrogens with two attached hydrogens (primary N) is 1. The summed E-state index contributed by atoms with van der Waals surface area (Å²) < 4.78 is 0. The number of nitro groups is 1. The molecule has 0 saturated carbocycles. The molecule has 114 valence electrons. The van der Waals surface area contributed by atoms with E-state index in [4.69, 9.17) is 5.73 Å². The summed E-state index contributed by atoms with van der Waals surface area (Å²) in [4.78, 5) is 24.9. The number of carbonyl (C=O) groups is 1. The van der Waals surface area contributed by atoms with E-state index in [9.17, 15) is 14.9 Å². The van der Waals surface area contributed by atoms with E-state index in [1.807, 2.05) is 6.92 Å². The Morgan fingerprint density at radius 1 is 1.57 bits per heavy atom. The summed E-state index contributed by atoms with van der Waals surface area (Å²) in [5.41, 5.74) is 5.75. The fourth-order valence-corrected chi connectivity index (χ4v) is 2.65. The van der Waals surface area contributed by atoms with Crippen molar-refractivity contribution >= 4 is 17.3 Å². The zero-order valence-corrected chi connectivity index (χ0v) is 12.0. The Labute approximate surface area is 123 Å². The lowest BCUT2D eigenvalue weighted by Crippen LogP contribution is -2.42. The quantitative estimate of drug-likeness (QED) is 0.485. The Bertz CT molecular complexity index is 541. The van der Waals surface area contributed by atoms with Crippen molar-refractivity contribution in [3.05, 3.63) is 33.9 Å². The van der Waals surface area contributed by atoms with Crippen molar-refractivity contribution in [3.63, 3.8) is 0 Å². The van der Waals surface area contributed by atoms with E-state index in [-0.39, 0.29) is 28.9 Å². The minimum Gasteiger partial charge on any atom is -0.393 e. The molecule has 7 nitrogen and oxygen atoms in total. The summed E-state index contributed by atoms with van der Waals surface area (Å²) in [5, 5.41) is 14.2. The Morgan fingerprint density at radius 2 is 2.33 bits per heavy atom. The molecule has 1 atom stereocenters. The van der Waals surface area contributed by atoms with Crippen molar-refractivity contribution in [3.8, 4) is 0 Å². The van der Waals surface area contributed by atoms with Crippen LogP contribution in [0.1, 0.15) is 30.1 Å². The Balaban J connectivity index is 2.32. The molecule has 0 radical (unpaired) electrons. The molecule has 1 unspecified atom stereocenters. The van der Waals surface area contributed by atoms with Crippen molar-refractivity contribution in [1.29, 1.82) is 0 Å². The van der Waals surface area contributed by atoms with Gasteiger partial charge in [0.25, 0.3) is 11.6 Å². The van der Waals surface area contributed by atoms with Crippen LogP contribution in [0.25, 0.3) is 0 Å². The van der Waals surface area contributed by atoms with Gasteiger partial charge in [-0.15, -0.1) is 0 Å². The van der Waals surface area contributed by atoms with Crippen LogP contribution in [0.4, 0.5) is 11.4 Å². The normalized spacial score (nSPS) is 17.7. The summed E-state index contributed by atoms with van der Waals surface area (Å²) in [6.45, 7) is 4.25. The van der Waals surface area contributed by atoms with Gasteiger partial charge in [0, 0.05) is 25.2 Å². The first-order valence-electron chi connectivity index (χ1n) is 7.10. The second kappa shape index (κ2) is 6.53. The van der Waals surface area contributed by atoms with E-state index in [0.29, 0.717) is 6.54 Å². The van der Waals surface area contributed by atoms with E-state index >= 15 is 0 Å². The van der Waals surface area contributed by atoms with Crippen LogP contribution < -0.4 is 11.1 Å². The predicted molar refractivity (Wildman–Crippen MR) is 80.1 cm³/mol. The number of hydrogen-bond donors (Lipinski definition) is 2. The lowest BCUT2D eigenvalue weighted by molar-refractivity contribution is -0.383. The van der Waals surface area contributed by atoms with Gasteiger partial charge in [0.05, 0.1) is 10.5 Å². The molecule has 1 fully saturated rings. The van der Waals surface area contributed by atoms with E-state index in [1.54, 1.807) is 11.0 Å². The number of benzene rings is 1. The second-order valence-corrected chi connectivity index (χ2v) is 5.14. The second-order valence-electron chi connectivity index (χ2n) is 5.14. The third kappa shape index (κ3) is 3.13. The standard InChI is InChI=1S/C14H20N4O3/c1-2-8-17(10-6-7-16-9-10)14(19)11-4-3-5-12(13(11)15)18(20)21/h3-5,10,16H,2,6-9,15H2,1H3. The number of nitrogen functional groups attached to an aromatic ring is 1. The molecule has 0 aromatic heterocycles. The van der Waals surface area contributed by atoms with Gasteiger partial charge in [-0.1, -0.05) is 13.0 Å². The highest BCUT2D eigenvalue weighted by molar-refractivity contribution is 6.01. The summed E-state index contributed by atoms with van der Waals surface area (Å²) in [5.74, 6) is -0.230. The van der Waals surface area contributed by atoms with Gasteiger partial charge in [-0.3, -0.25) is 14.9 Å². The third-order valence-electron chi connectivity index (χ3n) is 3.71. The van der Waals surface area contributed by atoms with Crippen molar-refractivity contribution in [1.82, 2.24) is 10.2 Å². The van der Waals surface area contributed by atoms with Gasteiger partial charge in [-0.2, -0.15) is 0 Å². The molecule has 1 saturated heterocycles. The number of rotatable bonds is 5. The van der Waals surface area contributed by atoms with E-state index < -0.39 is 4.92 Å². The fourth-order valence-electron chi connectivity index (χ4n) is 2.65. The van der Waals surface area contributed by atoms with Crippen molar-refractivity contribution in [2.75, 3.05) is 25.4 Å². The van der Waals surface area contributed by atoms with Crippen molar-refractivity contribution in [2.45, 2.75) is 25.8 Å². The highest BCUT2D eigenvalue weighted by Gasteiger charge is 2.29. The molecule has 7 heteroatoms. The number of amides is 1. The number of anilines is 1. The maximum absolute atomic E-state index is 12.7. The minimum absolute atomic E-state index is 0.0560. The van der Waals surface area contributed by atoms with Crippen LogP contribution in [0.2, 0.25) is 0 Å². The summed E-state index contributed by atoms with van der Waals surface area (Å²) in [6, 6.07) is 4.48. The molecule has 1 aromatic carbocycles. The number of nitro benzene ring substituents is 1. The van der Waals surface area contributed by atoms with E-state index in [2.05, 4.69) is 5.32 Å². The van der Waals surface area contributed by atoms with E-state index in [0.717, 1.165) is 25.9 Å². The average molecular weight is 292 g/mol. The molecule has 3 N–H and O–H groups in total.